The highest BCUT2D eigenvalue weighted by Crippen LogP contribution is 2.30. The molecule has 3 aromatic carbocycles. The van der Waals surface area contributed by atoms with Gasteiger partial charge in [0.25, 0.3) is 10.0 Å². The summed E-state index contributed by atoms with van der Waals surface area (Å²) in [5.41, 5.74) is 3.59. The Balaban J connectivity index is 1.81. The number of hydrogen-bond donors (Lipinski definition) is 2. The molecule has 0 fully saturated rings. The first-order chi connectivity index (χ1) is 14.3. The Morgan fingerprint density at radius 2 is 1.50 bits per heavy atom. The molecule has 0 aliphatic carbocycles. The molecule has 0 unspecified atom stereocenters. The number of para-hydroxylation sites is 2. The molecule has 0 bridgehead atoms. The van der Waals surface area contributed by atoms with Crippen LogP contribution in [-0.2, 0) is 10.0 Å². The zero-order valence-corrected chi connectivity index (χ0v) is 17.9. The van der Waals surface area contributed by atoms with E-state index in [1.165, 1.54) is 6.07 Å². The van der Waals surface area contributed by atoms with Gasteiger partial charge in [-0.25, -0.2) is 18.4 Å². The number of aryl methyl sites for hydroxylation is 1. The minimum absolute atomic E-state index is 0.106. The first-order valence-electron chi connectivity index (χ1n) is 9.22. The summed E-state index contributed by atoms with van der Waals surface area (Å²) in [6.45, 7) is 3.71. The van der Waals surface area contributed by atoms with Gasteiger partial charge >= 0.3 is 0 Å². The van der Waals surface area contributed by atoms with Crippen molar-refractivity contribution in [1.29, 1.82) is 0 Å². The molecule has 0 amide bonds. The molecule has 0 aliphatic heterocycles. The molecule has 0 aliphatic rings. The van der Waals surface area contributed by atoms with Gasteiger partial charge in [0.2, 0.25) is 0 Å². The molecule has 152 valence electrons. The largest absolute Gasteiger partial charge is 0.337 e. The quantitative estimate of drug-likeness (QED) is 0.433. The third-order valence-electron chi connectivity index (χ3n) is 4.62. The van der Waals surface area contributed by atoms with E-state index in [1.54, 1.807) is 24.3 Å². The summed E-state index contributed by atoms with van der Waals surface area (Å²) in [7, 11) is -3.86. The predicted octanol–water partition coefficient (Wildman–Crippen LogP) is 5.44. The van der Waals surface area contributed by atoms with Gasteiger partial charge in [-0.15, -0.1) is 0 Å². The lowest BCUT2D eigenvalue weighted by atomic mass is 10.2. The Morgan fingerprint density at radius 3 is 2.20 bits per heavy atom. The van der Waals surface area contributed by atoms with Crippen LogP contribution in [0, 0.1) is 13.8 Å². The Kier molecular flexibility index (Phi) is 5.32. The summed E-state index contributed by atoms with van der Waals surface area (Å²) < 4.78 is 28.6. The van der Waals surface area contributed by atoms with Crippen molar-refractivity contribution in [3.05, 3.63) is 82.9 Å². The molecule has 1 heterocycles. The maximum Gasteiger partial charge on any atom is 0.263 e. The summed E-state index contributed by atoms with van der Waals surface area (Å²) in [6.07, 6.45) is 0. The minimum atomic E-state index is -3.86. The Labute approximate surface area is 180 Å². The van der Waals surface area contributed by atoms with Crippen molar-refractivity contribution >= 4 is 50.0 Å². The van der Waals surface area contributed by atoms with Crippen molar-refractivity contribution in [3.8, 4) is 0 Å². The number of nitrogens with zero attached hydrogens (tertiary/aromatic N) is 2. The van der Waals surface area contributed by atoms with E-state index in [4.69, 9.17) is 11.6 Å². The van der Waals surface area contributed by atoms with Gasteiger partial charge < -0.3 is 5.32 Å². The summed E-state index contributed by atoms with van der Waals surface area (Å²) in [5, 5.41) is 3.77. The number of halogens is 1. The van der Waals surface area contributed by atoms with E-state index in [0.717, 1.165) is 11.1 Å². The van der Waals surface area contributed by atoms with Crippen LogP contribution in [0.4, 0.5) is 17.3 Å². The van der Waals surface area contributed by atoms with Crippen LogP contribution in [0.3, 0.4) is 0 Å². The van der Waals surface area contributed by atoms with Crippen LogP contribution in [0.1, 0.15) is 11.1 Å². The lowest BCUT2D eigenvalue weighted by Gasteiger charge is -2.15. The van der Waals surface area contributed by atoms with Gasteiger partial charge in [0, 0.05) is 10.7 Å². The van der Waals surface area contributed by atoms with E-state index in [-0.39, 0.29) is 16.5 Å². The first-order valence-corrected chi connectivity index (χ1v) is 11.1. The molecule has 6 nitrogen and oxygen atoms in total. The maximum atomic E-state index is 13.0. The third-order valence-corrected chi connectivity index (χ3v) is 6.37. The van der Waals surface area contributed by atoms with E-state index in [1.807, 2.05) is 50.2 Å². The highest BCUT2D eigenvalue weighted by atomic mass is 35.5. The number of aromatic nitrogens is 2. The monoisotopic (exact) mass is 438 g/mol. The molecular formula is C22H19ClN4O2S. The van der Waals surface area contributed by atoms with Crippen molar-refractivity contribution in [3.63, 3.8) is 0 Å². The molecule has 0 atom stereocenters. The summed E-state index contributed by atoms with van der Waals surface area (Å²) in [6, 6.07) is 19.4. The zero-order valence-electron chi connectivity index (χ0n) is 16.3. The smallest absolute Gasteiger partial charge is 0.263 e. The van der Waals surface area contributed by atoms with Crippen molar-refractivity contribution in [2.24, 2.45) is 0 Å². The zero-order chi connectivity index (χ0) is 21.3. The fraction of sp³-hybridized carbons (Fsp3) is 0.0909. The van der Waals surface area contributed by atoms with E-state index in [2.05, 4.69) is 20.0 Å². The first kappa shape index (κ1) is 20.1. The molecular weight excluding hydrogens is 420 g/mol. The normalized spacial score (nSPS) is 11.4. The average Bonchev–Trinajstić information content (AvgIpc) is 2.71. The van der Waals surface area contributed by atoms with E-state index in [0.29, 0.717) is 21.7 Å². The van der Waals surface area contributed by atoms with Gasteiger partial charge in [-0.2, -0.15) is 0 Å². The Morgan fingerprint density at radius 1 is 0.833 bits per heavy atom. The topological polar surface area (TPSA) is 84.0 Å². The molecule has 0 radical (unpaired) electrons. The number of benzene rings is 3. The standard InChI is InChI=1S/C22H19ClN4O2S/c1-14-7-5-8-16(13-14)30(28,29)27-22-21(24-18-12-6-9-17(23)15(18)2)25-19-10-3-4-11-20(19)26-22/h3-13H,1-2H3,(H,24,25)(H,26,27). The molecule has 0 saturated heterocycles. The molecule has 1 aromatic heterocycles. The molecule has 2 N–H and O–H groups in total. The number of hydrogen-bond acceptors (Lipinski definition) is 5. The van der Waals surface area contributed by atoms with Crippen LogP contribution in [0.2, 0.25) is 5.02 Å². The van der Waals surface area contributed by atoms with E-state index >= 15 is 0 Å². The number of nitrogens with one attached hydrogen (secondary N) is 2. The second kappa shape index (κ2) is 7.93. The van der Waals surface area contributed by atoms with Gasteiger partial charge in [-0.05, 0) is 61.4 Å². The predicted molar refractivity (Wildman–Crippen MR) is 121 cm³/mol. The molecule has 4 aromatic rings. The maximum absolute atomic E-state index is 13.0. The average molecular weight is 439 g/mol. The van der Waals surface area contributed by atoms with E-state index < -0.39 is 10.0 Å². The molecule has 0 saturated carbocycles. The SMILES string of the molecule is Cc1cccc(S(=O)(=O)Nc2nc3ccccc3nc2Nc2cccc(Cl)c2C)c1. The van der Waals surface area contributed by atoms with Crippen molar-refractivity contribution in [2.45, 2.75) is 18.7 Å². The van der Waals surface area contributed by atoms with Crippen LogP contribution >= 0.6 is 11.6 Å². The van der Waals surface area contributed by atoms with Crippen molar-refractivity contribution < 1.29 is 8.42 Å². The summed E-state index contributed by atoms with van der Waals surface area (Å²) in [5.74, 6) is 0.393. The highest BCUT2D eigenvalue weighted by Gasteiger charge is 2.19. The molecule has 0 spiro atoms. The third kappa shape index (κ3) is 4.08. The van der Waals surface area contributed by atoms with Gasteiger partial charge in [0.05, 0.1) is 15.9 Å². The fourth-order valence-electron chi connectivity index (χ4n) is 3.00. The molecule has 4 rings (SSSR count). The van der Waals surface area contributed by atoms with Gasteiger partial charge in [0.1, 0.15) is 0 Å². The summed E-state index contributed by atoms with van der Waals surface area (Å²) in [4.78, 5) is 9.26. The number of anilines is 3. The molecule has 8 heteroatoms. The lowest BCUT2D eigenvalue weighted by Crippen LogP contribution is -2.16. The molecule has 30 heavy (non-hydrogen) atoms. The van der Waals surface area contributed by atoms with Gasteiger partial charge in [-0.3, -0.25) is 4.72 Å². The van der Waals surface area contributed by atoms with Crippen LogP contribution in [0.25, 0.3) is 11.0 Å². The highest BCUT2D eigenvalue weighted by molar-refractivity contribution is 7.92. The van der Waals surface area contributed by atoms with Crippen LogP contribution in [0.15, 0.2) is 71.6 Å². The lowest BCUT2D eigenvalue weighted by molar-refractivity contribution is 0.601. The Hall–Kier alpha value is -3.16. The second-order valence-electron chi connectivity index (χ2n) is 6.87. The van der Waals surface area contributed by atoms with Crippen molar-refractivity contribution in [1.82, 2.24) is 9.97 Å². The number of fused-ring (bicyclic) bond motifs is 1. The van der Waals surface area contributed by atoms with Gasteiger partial charge in [0.15, 0.2) is 11.6 Å². The number of sulfonamides is 1. The summed E-state index contributed by atoms with van der Waals surface area (Å²) >= 11 is 6.23. The Bertz CT molecular complexity index is 1360. The fourth-order valence-corrected chi connectivity index (χ4v) is 4.29. The number of rotatable bonds is 5. The van der Waals surface area contributed by atoms with Gasteiger partial charge in [-0.1, -0.05) is 41.9 Å². The van der Waals surface area contributed by atoms with Crippen molar-refractivity contribution in [2.75, 3.05) is 10.0 Å². The van der Waals surface area contributed by atoms with Crippen LogP contribution in [0.5, 0.6) is 0 Å². The van der Waals surface area contributed by atoms with Crippen LogP contribution < -0.4 is 10.0 Å². The van der Waals surface area contributed by atoms with Crippen LogP contribution in [-0.4, -0.2) is 18.4 Å². The second-order valence-corrected chi connectivity index (χ2v) is 8.96. The minimum Gasteiger partial charge on any atom is -0.337 e. The van der Waals surface area contributed by atoms with E-state index in [9.17, 15) is 8.42 Å².